The van der Waals surface area contributed by atoms with E-state index in [1.165, 1.54) is 6.07 Å². The summed E-state index contributed by atoms with van der Waals surface area (Å²) >= 11 is 15.9. The van der Waals surface area contributed by atoms with E-state index in [2.05, 4.69) is 15.9 Å². The quantitative estimate of drug-likeness (QED) is 0.384. The van der Waals surface area contributed by atoms with Crippen molar-refractivity contribution in [3.8, 4) is 0 Å². The van der Waals surface area contributed by atoms with Crippen molar-refractivity contribution >= 4 is 50.5 Å². The molecule has 0 nitrogen and oxygen atoms in total. The molecule has 0 spiro atoms. The fourth-order valence-electron chi connectivity index (χ4n) is 1.61. The molecule has 0 saturated carbocycles. The van der Waals surface area contributed by atoms with Crippen molar-refractivity contribution in [1.82, 2.24) is 0 Å². The van der Waals surface area contributed by atoms with Crippen molar-refractivity contribution in [2.75, 3.05) is 0 Å². The maximum Gasteiger partial charge on any atom is 0.416 e. The molecule has 0 N–H and O–H groups in total. The molecule has 0 saturated heterocycles. The van der Waals surface area contributed by atoms with Gasteiger partial charge in [0.15, 0.2) is 0 Å². The van der Waals surface area contributed by atoms with Crippen molar-refractivity contribution in [3.05, 3.63) is 55.4 Å². The predicted molar refractivity (Wildman–Crippen MR) is 76.5 cm³/mol. The first-order valence-corrected chi connectivity index (χ1v) is 7.64. The Morgan fingerprint density at radius 1 is 1.10 bits per heavy atom. The van der Waals surface area contributed by atoms with E-state index in [0.717, 1.165) is 23.5 Å². The zero-order chi connectivity index (χ0) is 15.1. The predicted octanol–water partition coefficient (Wildman–Crippen LogP) is 6.70. The van der Waals surface area contributed by atoms with E-state index >= 15 is 0 Å². The molecular weight excluding hydrogens is 403 g/mol. The Hall–Kier alpha value is -0.300. The van der Waals surface area contributed by atoms with Gasteiger partial charge in [-0.3, -0.25) is 0 Å². The van der Waals surface area contributed by atoms with Gasteiger partial charge in [0.2, 0.25) is 0 Å². The van der Waals surface area contributed by atoms with Gasteiger partial charge in [-0.1, -0.05) is 39.1 Å². The maximum absolute atomic E-state index is 13.8. The molecule has 0 radical (unpaired) electrons. The molecule has 0 aliphatic rings. The molecular formula is C12H5BrCl2F4S. The van der Waals surface area contributed by atoms with Crippen LogP contribution >= 0.6 is 50.5 Å². The highest BCUT2D eigenvalue weighted by Gasteiger charge is 2.32. The van der Waals surface area contributed by atoms with Gasteiger partial charge in [0.1, 0.15) is 5.82 Å². The van der Waals surface area contributed by atoms with Crippen LogP contribution in [0.5, 0.6) is 0 Å². The summed E-state index contributed by atoms with van der Waals surface area (Å²) in [5.74, 6) is -0.752. The molecule has 1 atom stereocenters. The minimum Gasteiger partial charge on any atom is -0.207 e. The number of benzene rings is 1. The fourth-order valence-corrected chi connectivity index (χ4v) is 4.14. The van der Waals surface area contributed by atoms with Crippen molar-refractivity contribution in [2.45, 2.75) is 11.0 Å². The van der Waals surface area contributed by atoms with Gasteiger partial charge in [0.05, 0.1) is 19.1 Å². The maximum atomic E-state index is 13.8. The van der Waals surface area contributed by atoms with Crippen LogP contribution in [-0.4, -0.2) is 0 Å². The third-order valence-corrected chi connectivity index (χ3v) is 5.06. The molecule has 1 aromatic carbocycles. The standard InChI is InChI=1S/C12H5BrCl2F4S/c13-10(7-4-9(14)20-11(7)15)6-3-5(12(17,18)19)1-2-8(6)16/h1-4,10H. The van der Waals surface area contributed by atoms with Crippen LogP contribution in [0.4, 0.5) is 17.6 Å². The van der Waals surface area contributed by atoms with Crippen molar-refractivity contribution in [1.29, 1.82) is 0 Å². The van der Waals surface area contributed by atoms with Gasteiger partial charge >= 0.3 is 6.18 Å². The Balaban J connectivity index is 2.49. The smallest absolute Gasteiger partial charge is 0.207 e. The van der Waals surface area contributed by atoms with E-state index in [9.17, 15) is 17.6 Å². The molecule has 20 heavy (non-hydrogen) atoms. The number of hydrogen-bond acceptors (Lipinski definition) is 1. The summed E-state index contributed by atoms with van der Waals surface area (Å²) in [6.45, 7) is 0. The Kier molecular flexibility index (Phi) is 4.69. The second-order valence-corrected chi connectivity index (χ2v) is 7.08. The highest BCUT2D eigenvalue weighted by Crippen LogP contribution is 2.43. The van der Waals surface area contributed by atoms with Crippen molar-refractivity contribution in [2.24, 2.45) is 0 Å². The van der Waals surface area contributed by atoms with E-state index in [1.807, 2.05) is 0 Å². The van der Waals surface area contributed by atoms with Gasteiger partial charge in [0, 0.05) is 11.1 Å². The molecule has 2 rings (SSSR count). The van der Waals surface area contributed by atoms with Crippen LogP contribution in [-0.2, 0) is 6.18 Å². The largest absolute Gasteiger partial charge is 0.416 e. The zero-order valence-electron chi connectivity index (χ0n) is 9.44. The van der Waals surface area contributed by atoms with Gasteiger partial charge in [-0.05, 0) is 24.3 Å². The second kappa shape index (κ2) is 5.83. The molecule has 1 heterocycles. The summed E-state index contributed by atoms with van der Waals surface area (Å²) in [7, 11) is 0. The van der Waals surface area contributed by atoms with E-state index in [4.69, 9.17) is 23.2 Å². The third-order valence-electron chi connectivity index (χ3n) is 2.55. The van der Waals surface area contributed by atoms with E-state index < -0.39 is 22.4 Å². The van der Waals surface area contributed by atoms with Gasteiger partial charge in [-0.25, -0.2) is 4.39 Å². The summed E-state index contributed by atoms with van der Waals surface area (Å²) < 4.78 is 52.4. The van der Waals surface area contributed by atoms with Gasteiger partial charge in [-0.2, -0.15) is 13.2 Å². The number of hydrogen-bond donors (Lipinski definition) is 0. The molecule has 0 fully saturated rings. The van der Waals surface area contributed by atoms with Gasteiger partial charge in [-0.15, -0.1) is 11.3 Å². The van der Waals surface area contributed by atoms with Crippen LogP contribution in [0.2, 0.25) is 8.67 Å². The first-order valence-electron chi connectivity index (χ1n) is 5.15. The number of thiophene rings is 1. The van der Waals surface area contributed by atoms with Crippen LogP contribution in [0.15, 0.2) is 24.3 Å². The first kappa shape index (κ1) is 16.1. The Labute approximate surface area is 134 Å². The summed E-state index contributed by atoms with van der Waals surface area (Å²) in [6, 6.07) is 3.74. The number of halogens is 7. The Morgan fingerprint density at radius 2 is 1.75 bits per heavy atom. The lowest BCUT2D eigenvalue weighted by atomic mass is 10.0. The molecule has 0 aliphatic heterocycles. The fraction of sp³-hybridized carbons (Fsp3) is 0.167. The molecule has 0 aliphatic carbocycles. The van der Waals surface area contributed by atoms with Crippen molar-refractivity contribution < 1.29 is 17.6 Å². The lowest BCUT2D eigenvalue weighted by molar-refractivity contribution is -0.137. The molecule has 0 bridgehead atoms. The first-order chi connectivity index (χ1) is 9.20. The minimum absolute atomic E-state index is 0.142. The van der Waals surface area contributed by atoms with E-state index in [1.54, 1.807) is 0 Å². The zero-order valence-corrected chi connectivity index (χ0v) is 13.4. The molecule has 8 heteroatoms. The highest BCUT2D eigenvalue weighted by molar-refractivity contribution is 9.09. The lowest BCUT2D eigenvalue weighted by Crippen LogP contribution is -2.07. The number of rotatable bonds is 2. The van der Waals surface area contributed by atoms with Gasteiger partial charge < -0.3 is 0 Å². The third kappa shape index (κ3) is 3.30. The monoisotopic (exact) mass is 406 g/mol. The average molecular weight is 408 g/mol. The Morgan fingerprint density at radius 3 is 2.25 bits per heavy atom. The lowest BCUT2D eigenvalue weighted by Gasteiger charge is -2.14. The minimum atomic E-state index is -4.54. The Bertz CT molecular complexity index is 639. The van der Waals surface area contributed by atoms with E-state index in [0.29, 0.717) is 20.3 Å². The molecule has 1 unspecified atom stereocenters. The number of alkyl halides is 4. The summed E-state index contributed by atoms with van der Waals surface area (Å²) in [4.78, 5) is -0.805. The normalized spacial score (nSPS) is 13.6. The van der Waals surface area contributed by atoms with Gasteiger partial charge in [0.25, 0.3) is 0 Å². The van der Waals surface area contributed by atoms with Crippen molar-refractivity contribution in [3.63, 3.8) is 0 Å². The van der Waals surface area contributed by atoms with Crippen LogP contribution in [0, 0.1) is 5.82 Å². The summed E-state index contributed by atoms with van der Waals surface area (Å²) in [6.07, 6.45) is -4.54. The van der Waals surface area contributed by atoms with E-state index in [-0.39, 0.29) is 5.56 Å². The molecule has 1 aromatic heterocycles. The molecule has 0 amide bonds. The summed E-state index contributed by atoms with van der Waals surface area (Å²) in [5.41, 5.74) is -0.633. The highest BCUT2D eigenvalue weighted by atomic mass is 79.9. The second-order valence-electron chi connectivity index (χ2n) is 3.88. The van der Waals surface area contributed by atoms with Crippen LogP contribution in [0.25, 0.3) is 0 Å². The average Bonchev–Trinajstić information content (AvgIpc) is 2.66. The SMILES string of the molecule is Fc1ccc(C(F)(F)F)cc1C(Br)c1cc(Cl)sc1Cl. The van der Waals surface area contributed by atoms with Crippen LogP contribution < -0.4 is 0 Å². The molecule has 108 valence electrons. The molecule has 2 aromatic rings. The van der Waals surface area contributed by atoms with Crippen LogP contribution in [0.3, 0.4) is 0 Å². The van der Waals surface area contributed by atoms with Crippen LogP contribution in [0.1, 0.15) is 21.5 Å². The summed E-state index contributed by atoms with van der Waals surface area (Å²) in [5, 5.41) is 0. The topological polar surface area (TPSA) is 0 Å².